The van der Waals surface area contributed by atoms with E-state index in [1.54, 1.807) is 6.20 Å². The minimum Gasteiger partial charge on any atom is -0.439 e. The van der Waals surface area contributed by atoms with Gasteiger partial charge in [0.05, 0.1) is 11.4 Å². The molecule has 1 aliphatic rings. The van der Waals surface area contributed by atoms with Gasteiger partial charge in [0, 0.05) is 17.8 Å². The molecule has 1 saturated carbocycles. The molecule has 5 rings (SSSR count). The summed E-state index contributed by atoms with van der Waals surface area (Å²) in [5.74, 6) is 2.53. The Morgan fingerprint density at radius 2 is 1.88 bits per heavy atom. The number of benzene rings is 1. The maximum atomic E-state index is 6.29. The van der Waals surface area contributed by atoms with E-state index in [1.165, 1.54) is 32.0 Å². The van der Waals surface area contributed by atoms with E-state index < -0.39 is 0 Å². The van der Waals surface area contributed by atoms with E-state index in [4.69, 9.17) is 15.6 Å². The average molecular weight is 429 g/mol. The molecule has 1 aromatic carbocycles. The minimum absolute atomic E-state index is 0.325. The van der Waals surface area contributed by atoms with E-state index in [0.29, 0.717) is 17.7 Å². The monoisotopic (exact) mass is 428 g/mol. The summed E-state index contributed by atoms with van der Waals surface area (Å²) in [6.07, 6.45) is 10.5. The van der Waals surface area contributed by atoms with Gasteiger partial charge in [-0.15, -0.1) is 0 Å². The Balaban J connectivity index is 1.49. The lowest BCUT2D eigenvalue weighted by atomic mass is 9.98. The van der Waals surface area contributed by atoms with Crippen LogP contribution in [0.1, 0.15) is 51.5 Å². The van der Waals surface area contributed by atoms with Crippen molar-refractivity contribution in [2.45, 2.75) is 51.5 Å². The molecule has 0 aliphatic heterocycles. The molecule has 0 spiro atoms. The first-order valence-electron chi connectivity index (χ1n) is 11.4. The normalized spacial score (nSPS) is 19.0. The van der Waals surface area contributed by atoms with Crippen LogP contribution in [0.4, 0.5) is 5.82 Å². The van der Waals surface area contributed by atoms with Crippen molar-refractivity contribution in [2.24, 2.45) is 5.92 Å². The Kier molecular flexibility index (Phi) is 5.71. The third-order valence-electron chi connectivity index (χ3n) is 6.47. The fourth-order valence-electron chi connectivity index (χ4n) is 4.65. The molecule has 2 atom stereocenters. The predicted molar refractivity (Wildman–Crippen MR) is 125 cm³/mol. The molecule has 2 N–H and O–H groups in total. The summed E-state index contributed by atoms with van der Waals surface area (Å²) in [6, 6.07) is 13.8. The number of ether oxygens (including phenoxy) is 1. The maximum absolute atomic E-state index is 6.29. The molecule has 1 aliphatic carbocycles. The lowest BCUT2D eigenvalue weighted by Gasteiger charge is -2.16. The molecule has 3 heterocycles. The van der Waals surface area contributed by atoms with Crippen LogP contribution in [-0.4, -0.2) is 24.7 Å². The van der Waals surface area contributed by atoms with E-state index in [1.807, 2.05) is 42.5 Å². The molecular weight excluding hydrogens is 400 g/mol. The van der Waals surface area contributed by atoms with Gasteiger partial charge in [0.15, 0.2) is 5.65 Å². The van der Waals surface area contributed by atoms with Gasteiger partial charge in [0.1, 0.15) is 23.6 Å². The van der Waals surface area contributed by atoms with Crippen molar-refractivity contribution in [3.05, 3.63) is 55.0 Å². The molecule has 164 valence electrons. The zero-order valence-corrected chi connectivity index (χ0v) is 18.3. The molecule has 0 radical (unpaired) electrons. The zero-order chi connectivity index (χ0) is 21.9. The molecule has 0 saturated heterocycles. The van der Waals surface area contributed by atoms with E-state index >= 15 is 0 Å². The highest BCUT2D eigenvalue weighted by Crippen LogP contribution is 2.37. The quantitative estimate of drug-likeness (QED) is 0.404. The predicted octanol–water partition coefficient (Wildman–Crippen LogP) is 5.79. The lowest BCUT2D eigenvalue weighted by Crippen LogP contribution is -2.11. The topological polar surface area (TPSA) is 91.7 Å². The van der Waals surface area contributed by atoms with Gasteiger partial charge in [-0.05, 0) is 43.4 Å². The number of anilines is 1. The molecule has 7 nitrogen and oxygen atoms in total. The number of fused-ring (bicyclic) bond motifs is 1. The van der Waals surface area contributed by atoms with Crippen LogP contribution in [0.2, 0.25) is 0 Å². The molecule has 2 unspecified atom stereocenters. The smallest absolute Gasteiger partial charge is 0.219 e. The summed E-state index contributed by atoms with van der Waals surface area (Å²) < 4.78 is 7.91. The molecule has 4 aromatic rings. The minimum atomic E-state index is 0.325. The fourth-order valence-corrected chi connectivity index (χ4v) is 4.65. The largest absolute Gasteiger partial charge is 0.439 e. The van der Waals surface area contributed by atoms with Crippen molar-refractivity contribution in [1.29, 1.82) is 0 Å². The third-order valence-corrected chi connectivity index (χ3v) is 6.47. The third kappa shape index (κ3) is 4.02. The van der Waals surface area contributed by atoms with Crippen molar-refractivity contribution < 1.29 is 4.74 Å². The number of hydrogen-bond donors (Lipinski definition) is 1. The Labute approximate surface area is 187 Å². The summed E-state index contributed by atoms with van der Waals surface area (Å²) in [5.41, 5.74) is 8.74. The van der Waals surface area contributed by atoms with Crippen LogP contribution < -0.4 is 10.5 Å². The van der Waals surface area contributed by atoms with Gasteiger partial charge in [0.2, 0.25) is 5.88 Å². The van der Waals surface area contributed by atoms with Gasteiger partial charge in [-0.2, -0.15) is 5.10 Å². The van der Waals surface area contributed by atoms with Gasteiger partial charge < -0.3 is 10.5 Å². The summed E-state index contributed by atoms with van der Waals surface area (Å²) in [5, 5.41) is 5.80. The second-order valence-electron chi connectivity index (χ2n) is 8.49. The van der Waals surface area contributed by atoms with Gasteiger partial charge in [0.25, 0.3) is 0 Å². The molecule has 7 heteroatoms. The number of aromatic nitrogens is 5. The van der Waals surface area contributed by atoms with Gasteiger partial charge in [-0.3, -0.25) is 0 Å². The SMILES string of the molecule is CCC1CCCC(n2nc(-c3ccc(Oc4ccccc4)nc3)c3c(N)ncnc32)CC1. The Hall–Kier alpha value is -3.48. The number of nitrogen functional groups attached to an aromatic ring is 1. The summed E-state index contributed by atoms with van der Waals surface area (Å²) >= 11 is 0. The van der Waals surface area contributed by atoms with E-state index in [0.717, 1.165) is 46.8 Å². The molecule has 0 bridgehead atoms. The highest BCUT2D eigenvalue weighted by Gasteiger charge is 2.25. The molecule has 0 amide bonds. The standard InChI is InChI=1S/C25H28N6O/c1-2-17-7-6-8-19(13-11-17)31-25-22(24(26)28-16-29-25)23(30-31)18-12-14-21(27-15-18)32-20-9-4-3-5-10-20/h3-5,9-10,12,14-17,19H,2,6-8,11,13H2,1H3,(H2,26,28,29). The Morgan fingerprint density at radius 1 is 1.00 bits per heavy atom. The number of rotatable bonds is 5. The second kappa shape index (κ2) is 8.94. The van der Waals surface area contributed by atoms with E-state index in [-0.39, 0.29) is 0 Å². The molecule has 1 fully saturated rings. The zero-order valence-electron chi connectivity index (χ0n) is 18.3. The van der Waals surface area contributed by atoms with Crippen LogP contribution in [0.25, 0.3) is 22.3 Å². The van der Waals surface area contributed by atoms with Crippen molar-refractivity contribution >= 4 is 16.9 Å². The number of pyridine rings is 1. The van der Waals surface area contributed by atoms with Gasteiger partial charge in [-0.25, -0.2) is 19.6 Å². The van der Waals surface area contributed by atoms with Crippen molar-refractivity contribution in [1.82, 2.24) is 24.7 Å². The first-order valence-corrected chi connectivity index (χ1v) is 11.4. The highest BCUT2D eigenvalue weighted by molar-refractivity contribution is 5.98. The summed E-state index contributed by atoms with van der Waals surface area (Å²) in [6.45, 7) is 2.29. The highest BCUT2D eigenvalue weighted by atomic mass is 16.5. The van der Waals surface area contributed by atoms with Crippen molar-refractivity contribution in [3.63, 3.8) is 0 Å². The first kappa shape index (κ1) is 20.4. The fraction of sp³-hybridized carbons (Fsp3) is 0.360. The van der Waals surface area contributed by atoms with Crippen LogP contribution in [0, 0.1) is 5.92 Å². The molecule has 32 heavy (non-hydrogen) atoms. The summed E-state index contributed by atoms with van der Waals surface area (Å²) in [7, 11) is 0. The maximum Gasteiger partial charge on any atom is 0.219 e. The lowest BCUT2D eigenvalue weighted by molar-refractivity contribution is 0.398. The van der Waals surface area contributed by atoms with Crippen LogP contribution >= 0.6 is 0 Å². The summed E-state index contributed by atoms with van der Waals surface area (Å²) in [4.78, 5) is 13.3. The van der Waals surface area contributed by atoms with Crippen LogP contribution in [0.3, 0.4) is 0 Å². The number of para-hydroxylation sites is 1. The van der Waals surface area contributed by atoms with Gasteiger partial charge >= 0.3 is 0 Å². The Bertz CT molecular complexity index is 1190. The number of nitrogens with two attached hydrogens (primary N) is 1. The number of nitrogens with zero attached hydrogens (tertiary/aromatic N) is 5. The molecule has 3 aromatic heterocycles. The van der Waals surface area contributed by atoms with E-state index in [9.17, 15) is 0 Å². The average Bonchev–Trinajstić information content (AvgIpc) is 3.05. The van der Waals surface area contributed by atoms with Gasteiger partial charge in [-0.1, -0.05) is 44.4 Å². The van der Waals surface area contributed by atoms with E-state index in [2.05, 4.69) is 26.6 Å². The first-order chi connectivity index (χ1) is 15.7. The number of hydrogen-bond acceptors (Lipinski definition) is 6. The Morgan fingerprint density at radius 3 is 2.66 bits per heavy atom. The second-order valence-corrected chi connectivity index (χ2v) is 8.49. The van der Waals surface area contributed by atoms with Crippen molar-refractivity contribution in [2.75, 3.05) is 5.73 Å². The molecular formula is C25H28N6O. The van der Waals surface area contributed by atoms with Crippen LogP contribution in [-0.2, 0) is 0 Å². The van der Waals surface area contributed by atoms with Crippen molar-refractivity contribution in [3.8, 4) is 22.9 Å². The van der Waals surface area contributed by atoms with Crippen LogP contribution in [0.15, 0.2) is 55.0 Å². The van der Waals surface area contributed by atoms with Crippen LogP contribution in [0.5, 0.6) is 11.6 Å².